The first-order valence-electron chi connectivity index (χ1n) is 8.12. The van der Waals surface area contributed by atoms with Crippen LogP contribution in [0, 0.1) is 0 Å². The van der Waals surface area contributed by atoms with Crippen LogP contribution in [0.15, 0.2) is 66.8 Å². The second-order valence-corrected chi connectivity index (χ2v) is 8.89. The summed E-state index contributed by atoms with van der Waals surface area (Å²) in [7, 11) is 5.38. The molecule has 2 aromatic rings. The van der Waals surface area contributed by atoms with Gasteiger partial charge in [0.25, 0.3) is 5.91 Å². The highest BCUT2D eigenvalue weighted by atomic mass is 79.9. The van der Waals surface area contributed by atoms with Crippen molar-refractivity contribution in [2.45, 2.75) is 4.90 Å². The Labute approximate surface area is 174 Å². The van der Waals surface area contributed by atoms with E-state index in [4.69, 9.17) is 4.74 Å². The first kappa shape index (κ1) is 18.5. The summed E-state index contributed by atoms with van der Waals surface area (Å²) in [5.41, 5.74) is 1.85. The second-order valence-electron chi connectivity index (χ2n) is 5.97. The Balaban J connectivity index is 1.68. The summed E-state index contributed by atoms with van der Waals surface area (Å²) in [5, 5.41) is 1.59. The van der Waals surface area contributed by atoms with Crippen molar-refractivity contribution in [3.05, 3.63) is 56.9 Å². The lowest BCUT2D eigenvalue weighted by Crippen LogP contribution is -2.24. The molecule has 8 heteroatoms. The molecular formula is C19H16BrN3O2S2. The van der Waals surface area contributed by atoms with Crippen molar-refractivity contribution in [3.63, 3.8) is 0 Å². The zero-order valence-corrected chi connectivity index (χ0v) is 18.1. The molecule has 0 atom stereocenters. The number of anilines is 1. The van der Waals surface area contributed by atoms with Gasteiger partial charge >= 0.3 is 0 Å². The number of amidine groups is 1. The number of ether oxygens (including phenoxy) is 1. The SMILES string of the molecule is COc1ccc2c(c1)N(C)/C(=C1/SC(=Nc3ccc(Br)cc3)N(C)C1=O)S2. The lowest BCUT2D eigenvalue weighted by Gasteiger charge is -2.15. The summed E-state index contributed by atoms with van der Waals surface area (Å²) < 4.78 is 6.32. The van der Waals surface area contributed by atoms with Crippen LogP contribution in [0.3, 0.4) is 0 Å². The van der Waals surface area contributed by atoms with Crippen molar-refractivity contribution in [3.8, 4) is 5.75 Å². The van der Waals surface area contributed by atoms with Crippen LogP contribution in [-0.2, 0) is 4.79 Å². The molecule has 27 heavy (non-hydrogen) atoms. The van der Waals surface area contributed by atoms with Gasteiger partial charge in [-0.1, -0.05) is 27.7 Å². The molecule has 138 valence electrons. The molecule has 2 aliphatic rings. The van der Waals surface area contributed by atoms with Gasteiger partial charge < -0.3 is 9.64 Å². The quantitative estimate of drug-likeness (QED) is 0.584. The van der Waals surface area contributed by atoms with E-state index >= 15 is 0 Å². The Morgan fingerprint density at radius 2 is 1.78 bits per heavy atom. The zero-order valence-electron chi connectivity index (χ0n) is 14.9. The van der Waals surface area contributed by atoms with Gasteiger partial charge in [-0.15, -0.1) is 0 Å². The van der Waals surface area contributed by atoms with E-state index in [2.05, 4.69) is 20.9 Å². The van der Waals surface area contributed by atoms with Crippen molar-refractivity contribution in [1.82, 2.24) is 4.90 Å². The highest BCUT2D eigenvalue weighted by Gasteiger charge is 2.37. The maximum atomic E-state index is 12.9. The van der Waals surface area contributed by atoms with Crippen molar-refractivity contribution in [2.75, 3.05) is 26.1 Å². The Morgan fingerprint density at radius 3 is 2.48 bits per heavy atom. The lowest BCUT2D eigenvalue weighted by atomic mass is 10.3. The molecule has 0 spiro atoms. The fraction of sp³-hybridized carbons (Fsp3) is 0.158. The molecule has 0 unspecified atom stereocenters. The molecule has 4 rings (SSSR count). The molecular weight excluding hydrogens is 446 g/mol. The van der Waals surface area contributed by atoms with Gasteiger partial charge in [0.2, 0.25) is 0 Å². The summed E-state index contributed by atoms with van der Waals surface area (Å²) in [6.45, 7) is 0. The third-order valence-corrected chi connectivity index (χ3v) is 7.28. The molecule has 0 bridgehead atoms. The van der Waals surface area contributed by atoms with Crippen LogP contribution >= 0.6 is 39.5 Å². The third-order valence-electron chi connectivity index (χ3n) is 4.26. The maximum absolute atomic E-state index is 12.9. The smallest absolute Gasteiger partial charge is 0.269 e. The number of amides is 1. The topological polar surface area (TPSA) is 45.1 Å². The number of carbonyl (C=O) groups is 1. The highest BCUT2D eigenvalue weighted by Crippen LogP contribution is 2.50. The van der Waals surface area contributed by atoms with Gasteiger partial charge in [-0.05, 0) is 48.2 Å². The van der Waals surface area contributed by atoms with Crippen molar-refractivity contribution >= 4 is 61.9 Å². The van der Waals surface area contributed by atoms with E-state index in [9.17, 15) is 4.79 Å². The van der Waals surface area contributed by atoms with E-state index in [1.165, 1.54) is 11.8 Å². The number of hydrogen-bond acceptors (Lipinski definition) is 6. The predicted molar refractivity (Wildman–Crippen MR) is 116 cm³/mol. The molecule has 2 aromatic carbocycles. The number of fused-ring (bicyclic) bond motifs is 1. The van der Waals surface area contributed by atoms with E-state index in [1.807, 2.05) is 54.4 Å². The Bertz CT molecular complexity index is 989. The number of hydrogen-bond donors (Lipinski definition) is 0. The number of likely N-dealkylation sites (N-methyl/N-ethyl adjacent to an activating group) is 1. The van der Waals surface area contributed by atoms with Gasteiger partial charge in [0.15, 0.2) is 5.17 Å². The first-order chi connectivity index (χ1) is 13.0. The average molecular weight is 462 g/mol. The molecule has 0 N–H and O–H groups in total. The summed E-state index contributed by atoms with van der Waals surface area (Å²) in [6, 6.07) is 13.6. The molecule has 0 saturated carbocycles. The van der Waals surface area contributed by atoms with E-state index < -0.39 is 0 Å². The first-order valence-corrected chi connectivity index (χ1v) is 10.5. The maximum Gasteiger partial charge on any atom is 0.269 e. The van der Waals surface area contributed by atoms with Crippen LogP contribution in [0.25, 0.3) is 0 Å². The molecule has 2 aliphatic heterocycles. The number of carbonyl (C=O) groups excluding carboxylic acids is 1. The highest BCUT2D eigenvalue weighted by molar-refractivity contribution is 9.10. The third kappa shape index (κ3) is 3.37. The second kappa shape index (κ2) is 7.26. The van der Waals surface area contributed by atoms with E-state index in [1.54, 1.807) is 30.8 Å². The molecule has 0 aromatic heterocycles. The van der Waals surface area contributed by atoms with Crippen LogP contribution in [0.2, 0.25) is 0 Å². The van der Waals surface area contributed by atoms with Gasteiger partial charge in [0, 0.05) is 29.5 Å². The molecule has 1 saturated heterocycles. The van der Waals surface area contributed by atoms with E-state index in [-0.39, 0.29) is 5.91 Å². The predicted octanol–water partition coefficient (Wildman–Crippen LogP) is 5.06. The molecule has 1 fully saturated rings. The van der Waals surface area contributed by atoms with Gasteiger partial charge in [0.05, 0.1) is 23.5 Å². The number of rotatable bonds is 2. The number of thioether (sulfide) groups is 2. The van der Waals surface area contributed by atoms with Crippen molar-refractivity contribution in [1.29, 1.82) is 0 Å². The number of benzene rings is 2. The summed E-state index contributed by atoms with van der Waals surface area (Å²) in [6.07, 6.45) is 0. The molecule has 0 radical (unpaired) electrons. The van der Waals surface area contributed by atoms with Crippen LogP contribution in [-0.4, -0.2) is 37.2 Å². The van der Waals surface area contributed by atoms with Crippen molar-refractivity contribution < 1.29 is 9.53 Å². The van der Waals surface area contributed by atoms with Crippen molar-refractivity contribution in [2.24, 2.45) is 4.99 Å². The Morgan fingerprint density at radius 1 is 1.04 bits per heavy atom. The normalized spacial score (nSPS) is 20.6. The minimum absolute atomic E-state index is 0.0371. The van der Waals surface area contributed by atoms with Crippen LogP contribution in [0.5, 0.6) is 5.75 Å². The van der Waals surface area contributed by atoms with E-state index in [0.717, 1.165) is 31.5 Å². The fourth-order valence-electron chi connectivity index (χ4n) is 2.75. The fourth-order valence-corrected chi connectivity index (χ4v) is 5.33. The monoisotopic (exact) mass is 461 g/mol. The van der Waals surface area contributed by atoms with Crippen LogP contribution in [0.1, 0.15) is 0 Å². The Kier molecular flexibility index (Phi) is 4.96. The number of halogens is 1. The van der Waals surface area contributed by atoms with Gasteiger partial charge in [-0.3, -0.25) is 9.69 Å². The average Bonchev–Trinajstić information content (AvgIpc) is 3.14. The lowest BCUT2D eigenvalue weighted by molar-refractivity contribution is -0.121. The molecule has 2 heterocycles. The number of aliphatic imine (C=N–C) groups is 1. The van der Waals surface area contributed by atoms with Gasteiger partial charge in [-0.25, -0.2) is 4.99 Å². The molecule has 0 aliphatic carbocycles. The summed E-state index contributed by atoms with van der Waals surface area (Å²) in [4.78, 5) is 22.9. The van der Waals surface area contributed by atoms with Gasteiger partial charge in [-0.2, -0.15) is 0 Å². The number of methoxy groups -OCH3 is 1. The Hall–Kier alpha value is -1.90. The zero-order chi connectivity index (χ0) is 19.1. The summed E-state index contributed by atoms with van der Waals surface area (Å²) >= 11 is 6.43. The van der Waals surface area contributed by atoms with E-state index in [0.29, 0.717) is 10.1 Å². The largest absolute Gasteiger partial charge is 0.497 e. The summed E-state index contributed by atoms with van der Waals surface area (Å²) in [5.74, 6) is 0.762. The molecule has 1 amide bonds. The minimum atomic E-state index is -0.0371. The minimum Gasteiger partial charge on any atom is -0.497 e. The van der Waals surface area contributed by atoms with Crippen LogP contribution < -0.4 is 9.64 Å². The number of nitrogens with zero attached hydrogens (tertiary/aromatic N) is 3. The van der Waals surface area contributed by atoms with Gasteiger partial charge in [0.1, 0.15) is 10.7 Å². The molecule has 5 nitrogen and oxygen atoms in total. The standard InChI is InChI=1S/C19H16BrN3O2S2/c1-22-14-10-13(25-3)8-9-15(14)26-18(22)16-17(24)23(2)19(27-16)21-12-6-4-11(20)5-7-12/h4-10H,1-3H3/b18-16-,21-19?. The van der Waals surface area contributed by atoms with Crippen LogP contribution in [0.4, 0.5) is 11.4 Å².